The first-order valence-electron chi connectivity index (χ1n) is 5.83. The largest absolute Gasteiger partial charge is 0.386 e. The van der Waals surface area contributed by atoms with Crippen LogP contribution in [0, 0.1) is 11.8 Å². The van der Waals surface area contributed by atoms with Gasteiger partial charge in [0.25, 0.3) is 5.91 Å². The Morgan fingerprint density at radius 2 is 2.22 bits per heavy atom. The van der Waals surface area contributed by atoms with Gasteiger partial charge in [-0.3, -0.25) is 4.79 Å². The van der Waals surface area contributed by atoms with Crippen LogP contribution < -0.4 is 5.32 Å². The molecule has 1 atom stereocenters. The lowest BCUT2D eigenvalue weighted by Crippen LogP contribution is -2.43. The van der Waals surface area contributed by atoms with Gasteiger partial charge in [0.15, 0.2) is 0 Å². The zero-order valence-electron chi connectivity index (χ0n) is 9.98. The van der Waals surface area contributed by atoms with Gasteiger partial charge in [-0.05, 0) is 12.1 Å². The number of carbonyl (C=O) groups excluding carboxylic acids is 1. The van der Waals surface area contributed by atoms with E-state index in [4.69, 9.17) is 4.74 Å². The molecule has 1 aliphatic rings. The van der Waals surface area contributed by atoms with Crippen LogP contribution in [0.25, 0.3) is 0 Å². The Balaban J connectivity index is 1.84. The average Bonchev–Trinajstić information content (AvgIpc) is 2.83. The number of aliphatic hydroxyl groups is 1. The maximum absolute atomic E-state index is 11.5. The molecular weight excluding hydrogens is 230 g/mol. The first-order chi connectivity index (χ1) is 8.68. The van der Waals surface area contributed by atoms with Crippen LogP contribution in [-0.2, 0) is 9.53 Å². The van der Waals surface area contributed by atoms with Crippen molar-refractivity contribution in [1.82, 2.24) is 5.32 Å². The SMILES string of the molecule is O=C(C#Cc1ccccc1)NC[C@]1(O)CCOC1. The highest BCUT2D eigenvalue weighted by molar-refractivity contribution is 5.94. The van der Waals surface area contributed by atoms with Crippen molar-refractivity contribution in [1.29, 1.82) is 0 Å². The molecule has 18 heavy (non-hydrogen) atoms. The summed E-state index contributed by atoms with van der Waals surface area (Å²) < 4.78 is 5.08. The number of ether oxygens (including phenoxy) is 1. The summed E-state index contributed by atoms with van der Waals surface area (Å²) in [4.78, 5) is 11.5. The van der Waals surface area contributed by atoms with Gasteiger partial charge >= 0.3 is 0 Å². The molecule has 1 aromatic carbocycles. The van der Waals surface area contributed by atoms with Crippen LogP contribution in [0.4, 0.5) is 0 Å². The fraction of sp³-hybridized carbons (Fsp3) is 0.357. The summed E-state index contributed by atoms with van der Waals surface area (Å²) >= 11 is 0. The molecule has 0 spiro atoms. The van der Waals surface area contributed by atoms with E-state index < -0.39 is 5.60 Å². The summed E-state index contributed by atoms with van der Waals surface area (Å²) in [5, 5.41) is 12.5. The predicted molar refractivity (Wildman–Crippen MR) is 66.7 cm³/mol. The molecule has 0 aromatic heterocycles. The predicted octanol–water partition coefficient (Wildman–Crippen LogP) is 0.306. The van der Waals surface area contributed by atoms with Gasteiger partial charge in [-0.2, -0.15) is 0 Å². The Labute approximate surface area is 106 Å². The van der Waals surface area contributed by atoms with Gasteiger partial charge in [0.1, 0.15) is 5.60 Å². The molecule has 1 aromatic rings. The van der Waals surface area contributed by atoms with E-state index in [9.17, 15) is 9.90 Å². The normalized spacial score (nSPS) is 22.1. The molecule has 0 bridgehead atoms. The lowest BCUT2D eigenvalue weighted by atomic mass is 10.0. The van der Waals surface area contributed by atoms with Gasteiger partial charge in [0.05, 0.1) is 6.61 Å². The molecule has 0 saturated carbocycles. The lowest BCUT2D eigenvalue weighted by molar-refractivity contribution is -0.116. The quantitative estimate of drug-likeness (QED) is 0.737. The molecule has 0 radical (unpaired) electrons. The van der Waals surface area contributed by atoms with Gasteiger partial charge in [0.2, 0.25) is 0 Å². The molecule has 1 aliphatic heterocycles. The van der Waals surface area contributed by atoms with E-state index in [1.807, 2.05) is 30.3 Å². The van der Waals surface area contributed by atoms with E-state index in [0.29, 0.717) is 13.0 Å². The van der Waals surface area contributed by atoms with E-state index in [-0.39, 0.29) is 19.1 Å². The van der Waals surface area contributed by atoms with Crippen LogP contribution >= 0.6 is 0 Å². The van der Waals surface area contributed by atoms with Crippen LogP contribution in [-0.4, -0.2) is 36.4 Å². The standard InChI is InChI=1S/C14H15NO3/c16-13(7-6-12-4-2-1-3-5-12)15-10-14(17)8-9-18-11-14/h1-5,17H,8-11H2,(H,15,16)/t14-/m1/s1. The summed E-state index contributed by atoms with van der Waals surface area (Å²) in [5.74, 6) is 4.86. The molecule has 0 unspecified atom stereocenters. The Morgan fingerprint density at radius 3 is 2.89 bits per heavy atom. The van der Waals surface area contributed by atoms with E-state index in [1.165, 1.54) is 0 Å². The van der Waals surface area contributed by atoms with Crippen molar-refractivity contribution >= 4 is 5.91 Å². The monoisotopic (exact) mass is 245 g/mol. The molecule has 0 aliphatic carbocycles. The first kappa shape index (κ1) is 12.6. The van der Waals surface area contributed by atoms with Crippen molar-refractivity contribution in [2.45, 2.75) is 12.0 Å². The Morgan fingerprint density at radius 1 is 1.44 bits per heavy atom. The van der Waals surface area contributed by atoms with Crippen molar-refractivity contribution in [3.05, 3.63) is 35.9 Å². The Hall–Kier alpha value is -1.83. The Kier molecular flexibility index (Phi) is 3.98. The number of hydrogen-bond acceptors (Lipinski definition) is 3. The van der Waals surface area contributed by atoms with Crippen LogP contribution in [0.2, 0.25) is 0 Å². The third-order valence-electron chi connectivity index (χ3n) is 2.75. The van der Waals surface area contributed by atoms with Crippen molar-refractivity contribution in [2.24, 2.45) is 0 Å². The smallest absolute Gasteiger partial charge is 0.296 e. The number of benzene rings is 1. The summed E-state index contributed by atoms with van der Waals surface area (Å²) in [6.45, 7) is 0.969. The maximum Gasteiger partial charge on any atom is 0.296 e. The van der Waals surface area contributed by atoms with Crippen LogP contribution in [0.5, 0.6) is 0 Å². The average molecular weight is 245 g/mol. The molecule has 4 heteroatoms. The second-order valence-corrected chi connectivity index (χ2v) is 4.33. The topological polar surface area (TPSA) is 58.6 Å². The van der Waals surface area contributed by atoms with E-state index in [1.54, 1.807) is 0 Å². The maximum atomic E-state index is 11.5. The minimum atomic E-state index is -0.940. The Bertz CT molecular complexity index is 467. The van der Waals surface area contributed by atoms with E-state index in [0.717, 1.165) is 5.56 Å². The summed E-state index contributed by atoms with van der Waals surface area (Å²) in [6, 6.07) is 9.28. The molecule has 4 nitrogen and oxygen atoms in total. The second-order valence-electron chi connectivity index (χ2n) is 4.33. The van der Waals surface area contributed by atoms with Gasteiger partial charge in [0, 0.05) is 31.1 Å². The number of carbonyl (C=O) groups is 1. The lowest BCUT2D eigenvalue weighted by Gasteiger charge is -2.19. The zero-order valence-corrected chi connectivity index (χ0v) is 9.98. The summed E-state index contributed by atoms with van der Waals surface area (Å²) in [7, 11) is 0. The minimum absolute atomic E-state index is 0.176. The number of nitrogens with one attached hydrogen (secondary N) is 1. The third-order valence-corrected chi connectivity index (χ3v) is 2.75. The summed E-state index contributed by atoms with van der Waals surface area (Å²) in [6.07, 6.45) is 0.541. The first-order valence-corrected chi connectivity index (χ1v) is 5.83. The molecule has 1 fully saturated rings. The van der Waals surface area contributed by atoms with Crippen LogP contribution in [0.3, 0.4) is 0 Å². The van der Waals surface area contributed by atoms with Gasteiger partial charge < -0.3 is 15.2 Å². The zero-order chi connectivity index (χ0) is 12.8. The van der Waals surface area contributed by atoms with Crippen molar-refractivity contribution in [3.8, 4) is 11.8 Å². The van der Waals surface area contributed by atoms with Crippen LogP contribution in [0.15, 0.2) is 30.3 Å². The molecule has 2 rings (SSSR count). The van der Waals surface area contributed by atoms with E-state index >= 15 is 0 Å². The van der Waals surface area contributed by atoms with Crippen molar-refractivity contribution in [3.63, 3.8) is 0 Å². The fourth-order valence-electron chi connectivity index (χ4n) is 1.68. The second kappa shape index (κ2) is 5.67. The summed E-state index contributed by atoms with van der Waals surface area (Å²) in [5.41, 5.74) is -0.153. The van der Waals surface area contributed by atoms with E-state index in [2.05, 4.69) is 17.2 Å². The van der Waals surface area contributed by atoms with Crippen molar-refractivity contribution in [2.75, 3.05) is 19.8 Å². The molecular formula is C14H15NO3. The number of hydrogen-bond donors (Lipinski definition) is 2. The third kappa shape index (κ3) is 3.59. The number of amides is 1. The van der Waals surface area contributed by atoms with Crippen molar-refractivity contribution < 1.29 is 14.6 Å². The van der Waals surface area contributed by atoms with Crippen LogP contribution in [0.1, 0.15) is 12.0 Å². The molecule has 1 amide bonds. The number of rotatable bonds is 2. The highest BCUT2D eigenvalue weighted by Crippen LogP contribution is 2.16. The van der Waals surface area contributed by atoms with Gasteiger partial charge in [-0.15, -0.1) is 0 Å². The van der Waals surface area contributed by atoms with Gasteiger partial charge in [-0.25, -0.2) is 0 Å². The molecule has 2 N–H and O–H groups in total. The molecule has 1 saturated heterocycles. The molecule has 1 heterocycles. The van der Waals surface area contributed by atoms with Gasteiger partial charge in [-0.1, -0.05) is 24.1 Å². The minimum Gasteiger partial charge on any atom is -0.386 e. The highest BCUT2D eigenvalue weighted by atomic mass is 16.5. The molecule has 94 valence electrons. The highest BCUT2D eigenvalue weighted by Gasteiger charge is 2.32. The fourth-order valence-corrected chi connectivity index (χ4v) is 1.68.